The third-order valence-corrected chi connectivity index (χ3v) is 4.25. The summed E-state index contributed by atoms with van der Waals surface area (Å²) in [5.41, 5.74) is 0.203. The van der Waals surface area contributed by atoms with Gasteiger partial charge in [-0.1, -0.05) is 0 Å². The standard InChI is InChI=1S/C12H19BrN2O3/c1-3-15-10(9(13)8-14-15)11(16)12(17-2)4-6-18-7-5-12/h8,11,16H,3-7H2,1-2H3. The average molecular weight is 319 g/mol. The van der Waals surface area contributed by atoms with Crippen LogP contribution in [0.25, 0.3) is 0 Å². The van der Waals surface area contributed by atoms with Crippen molar-refractivity contribution in [2.75, 3.05) is 20.3 Å². The summed E-state index contributed by atoms with van der Waals surface area (Å²) < 4.78 is 13.6. The molecule has 1 unspecified atom stereocenters. The highest BCUT2D eigenvalue weighted by Crippen LogP contribution is 2.39. The Balaban J connectivity index is 2.33. The Morgan fingerprint density at radius 2 is 2.28 bits per heavy atom. The SMILES string of the molecule is CCn1ncc(Br)c1C(O)C1(OC)CCOCC1. The second-order valence-corrected chi connectivity index (χ2v) is 5.33. The molecule has 0 amide bonds. The number of aryl methyl sites for hydroxylation is 1. The second-order valence-electron chi connectivity index (χ2n) is 4.48. The van der Waals surface area contributed by atoms with Crippen LogP contribution in [0.5, 0.6) is 0 Å². The molecule has 1 fully saturated rings. The summed E-state index contributed by atoms with van der Waals surface area (Å²) in [7, 11) is 1.65. The number of aliphatic hydroxyl groups excluding tert-OH is 1. The summed E-state index contributed by atoms with van der Waals surface area (Å²) in [5, 5.41) is 14.9. The van der Waals surface area contributed by atoms with Gasteiger partial charge < -0.3 is 14.6 Å². The van der Waals surface area contributed by atoms with Gasteiger partial charge in [-0.2, -0.15) is 5.10 Å². The summed E-state index contributed by atoms with van der Waals surface area (Å²) in [6, 6.07) is 0. The van der Waals surface area contributed by atoms with Crippen LogP contribution < -0.4 is 0 Å². The zero-order chi connectivity index (χ0) is 13.2. The van der Waals surface area contributed by atoms with E-state index in [2.05, 4.69) is 21.0 Å². The van der Waals surface area contributed by atoms with Crippen LogP contribution in [0.1, 0.15) is 31.6 Å². The molecule has 0 aliphatic carbocycles. The van der Waals surface area contributed by atoms with Crippen LogP contribution in [0.4, 0.5) is 0 Å². The fraction of sp³-hybridized carbons (Fsp3) is 0.750. The zero-order valence-corrected chi connectivity index (χ0v) is 12.3. The Bertz CT molecular complexity index is 402. The summed E-state index contributed by atoms with van der Waals surface area (Å²) in [6.07, 6.45) is 2.38. The van der Waals surface area contributed by atoms with Gasteiger partial charge in [0.1, 0.15) is 11.7 Å². The van der Waals surface area contributed by atoms with Crippen molar-refractivity contribution >= 4 is 15.9 Å². The van der Waals surface area contributed by atoms with Crippen LogP contribution in [0, 0.1) is 0 Å². The maximum atomic E-state index is 10.7. The van der Waals surface area contributed by atoms with Crippen molar-refractivity contribution in [1.29, 1.82) is 0 Å². The van der Waals surface area contributed by atoms with Crippen LogP contribution in [0.15, 0.2) is 10.7 Å². The normalized spacial score (nSPS) is 20.9. The highest BCUT2D eigenvalue weighted by molar-refractivity contribution is 9.10. The summed E-state index contributed by atoms with van der Waals surface area (Å²) in [6.45, 7) is 3.94. The van der Waals surface area contributed by atoms with E-state index in [-0.39, 0.29) is 0 Å². The van der Waals surface area contributed by atoms with Gasteiger partial charge in [0.15, 0.2) is 0 Å². The van der Waals surface area contributed by atoms with Crippen LogP contribution in [0.2, 0.25) is 0 Å². The van der Waals surface area contributed by atoms with Gasteiger partial charge in [0, 0.05) is 39.7 Å². The van der Waals surface area contributed by atoms with Gasteiger partial charge in [-0.25, -0.2) is 0 Å². The molecule has 0 saturated carbocycles. The van der Waals surface area contributed by atoms with Crippen molar-refractivity contribution in [2.45, 2.75) is 38.0 Å². The molecule has 1 atom stereocenters. The lowest BCUT2D eigenvalue weighted by molar-refractivity contribution is -0.156. The number of nitrogens with zero attached hydrogens (tertiary/aromatic N) is 2. The van der Waals surface area contributed by atoms with Crippen molar-refractivity contribution < 1.29 is 14.6 Å². The maximum Gasteiger partial charge on any atom is 0.126 e. The number of methoxy groups -OCH3 is 1. The number of hydrogen-bond acceptors (Lipinski definition) is 4. The minimum atomic E-state index is -0.705. The third-order valence-electron chi connectivity index (χ3n) is 3.64. The monoisotopic (exact) mass is 318 g/mol. The molecule has 2 rings (SSSR count). The highest BCUT2D eigenvalue weighted by Gasteiger charge is 2.42. The third kappa shape index (κ3) is 2.34. The van der Waals surface area contributed by atoms with Crippen molar-refractivity contribution in [1.82, 2.24) is 9.78 Å². The summed E-state index contributed by atoms with van der Waals surface area (Å²) >= 11 is 3.45. The fourth-order valence-corrected chi connectivity index (χ4v) is 2.96. The van der Waals surface area contributed by atoms with Gasteiger partial charge >= 0.3 is 0 Å². The van der Waals surface area contributed by atoms with E-state index in [1.807, 2.05) is 6.92 Å². The Labute approximate surface area is 115 Å². The minimum absolute atomic E-state index is 0.576. The van der Waals surface area contributed by atoms with Gasteiger partial charge in [-0.15, -0.1) is 0 Å². The zero-order valence-electron chi connectivity index (χ0n) is 10.7. The van der Waals surface area contributed by atoms with E-state index < -0.39 is 11.7 Å². The number of halogens is 1. The lowest BCUT2D eigenvalue weighted by Gasteiger charge is -2.39. The van der Waals surface area contributed by atoms with E-state index in [0.717, 1.165) is 10.2 Å². The first-order chi connectivity index (χ1) is 8.64. The quantitative estimate of drug-likeness (QED) is 0.921. The van der Waals surface area contributed by atoms with E-state index in [0.29, 0.717) is 32.6 Å². The molecule has 6 heteroatoms. The van der Waals surface area contributed by atoms with E-state index in [1.165, 1.54) is 0 Å². The first-order valence-electron chi connectivity index (χ1n) is 6.17. The number of rotatable bonds is 4. The van der Waals surface area contributed by atoms with Crippen molar-refractivity contribution in [2.24, 2.45) is 0 Å². The van der Waals surface area contributed by atoms with Gasteiger partial charge in [-0.3, -0.25) is 4.68 Å². The van der Waals surface area contributed by atoms with Gasteiger partial charge in [0.05, 0.1) is 16.4 Å². The number of aliphatic hydroxyl groups is 1. The van der Waals surface area contributed by atoms with Crippen LogP contribution in [-0.4, -0.2) is 40.8 Å². The topological polar surface area (TPSA) is 56.5 Å². The summed E-state index contributed by atoms with van der Waals surface area (Å²) in [5.74, 6) is 0. The summed E-state index contributed by atoms with van der Waals surface area (Å²) in [4.78, 5) is 0. The molecule has 0 radical (unpaired) electrons. The number of hydrogen-bond donors (Lipinski definition) is 1. The minimum Gasteiger partial charge on any atom is -0.384 e. The van der Waals surface area contributed by atoms with Crippen molar-refractivity contribution in [3.63, 3.8) is 0 Å². The lowest BCUT2D eigenvalue weighted by Crippen LogP contribution is -2.44. The fourth-order valence-electron chi connectivity index (χ4n) is 2.45. The highest BCUT2D eigenvalue weighted by atomic mass is 79.9. The molecule has 1 N–H and O–H groups in total. The molecule has 5 nitrogen and oxygen atoms in total. The van der Waals surface area contributed by atoms with Crippen molar-refractivity contribution in [3.8, 4) is 0 Å². The molecule has 0 aromatic carbocycles. The smallest absolute Gasteiger partial charge is 0.126 e. The molecule has 1 aliphatic heterocycles. The van der Waals surface area contributed by atoms with E-state index in [9.17, 15) is 5.11 Å². The molecule has 2 heterocycles. The maximum absolute atomic E-state index is 10.7. The number of aromatic nitrogens is 2. The predicted molar refractivity (Wildman–Crippen MR) is 70.4 cm³/mol. The van der Waals surface area contributed by atoms with Gasteiger partial charge in [0.25, 0.3) is 0 Å². The molecule has 1 aromatic rings. The molecule has 0 bridgehead atoms. The van der Waals surface area contributed by atoms with E-state index >= 15 is 0 Å². The molecule has 1 aliphatic rings. The Morgan fingerprint density at radius 3 is 2.83 bits per heavy atom. The van der Waals surface area contributed by atoms with Crippen LogP contribution >= 0.6 is 15.9 Å². The van der Waals surface area contributed by atoms with E-state index in [4.69, 9.17) is 9.47 Å². The molecule has 18 heavy (non-hydrogen) atoms. The Kier molecular flexibility index (Phi) is 4.42. The average Bonchev–Trinajstić information content (AvgIpc) is 2.79. The molecule has 1 saturated heterocycles. The second kappa shape index (κ2) is 5.69. The number of ether oxygens (including phenoxy) is 2. The first kappa shape index (κ1) is 14.0. The van der Waals surface area contributed by atoms with E-state index in [1.54, 1.807) is 18.0 Å². The lowest BCUT2D eigenvalue weighted by atomic mass is 9.86. The Hall–Kier alpha value is -0.430. The van der Waals surface area contributed by atoms with Gasteiger partial charge in [-0.05, 0) is 22.9 Å². The Morgan fingerprint density at radius 1 is 1.61 bits per heavy atom. The van der Waals surface area contributed by atoms with Gasteiger partial charge in [0.2, 0.25) is 0 Å². The first-order valence-corrected chi connectivity index (χ1v) is 6.96. The molecular formula is C12H19BrN2O3. The largest absolute Gasteiger partial charge is 0.384 e. The van der Waals surface area contributed by atoms with Crippen molar-refractivity contribution in [3.05, 3.63) is 16.4 Å². The molecule has 0 spiro atoms. The molecule has 102 valence electrons. The predicted octanol–water partition coefficient (Wildman–Crippen LogP) is 1.89. The van der Waals surface area contributed by atoms with Crippen LogP contribution in [-0.2, 0) is 16.0 Å². The van der Waals surface area contributed by atoms with Crippen LogP contribution in [0.3, 0.4) is 0 Å². The molecule has 1 aromatic heterocycles. The molecular weight excluding hydrogens is 300 g/mol.